The van der Waals surface area contributed by atoms with Crippen molar-refractivity contribution >= 4 is 5.91 Å². The summed E-state index contributed by atoms with van der Waals surface area (Å²) in [5.74, 6) is 1.67. The van der Waals surface area contributed by atoms with Crippen molar-refractivity contribution in [3.05, 3.63) is 42.2 Å². The molecule has 0 radical (unpaired) electrons. The van der Waals surface area contributed by atoms with Gasteiger partial charge in [-0.1, -0.05) is 24.3 Å². The molecular weight excluding hydrogens is 317 g/mol. The van der Waals surface area contributed by atoms with Crippen LogP contribution in [0, 0.1) is 29.0 Å². The van der Waals surface area contributed by atoms with Crippen molar-refractivity contribution in [2.45, 2.75) is 38.2 Å². The molecular formula is C21H24FNO2. The summed E-state index contributed by atoms with van der Waals surface area (Å²) in [6.07, 6.45) is 9.88. The smallest absolute Gasteiger partial charge is 0.226 e. The maximum Gasteiger partial charge on any atom is 0.226 e. The van der Waals surface area contributed by atoms with Gasteiger partial charge in [-0.2, -0.15) is 0 Å². The number of carbonyl (C=O) groups excluding carboxylic acids is 1. The van der Waals surface area contributed by atoms with Crippen LogP contribution in [0.1, 0.15) is 32.1 Å². The van der Waals surface area contributed by atoms with E-state index in [0.29, 0.717) is 28.9 Å². The number of allylic oxidation sites excluding steroid dienone is 2. The van der Waals surface area contributed by atoms with Crippen LogP contribution in [-0.4, -0.2) is 30.0 Å². The van der Waals surface area contributed by atoms with Crippen LogP contribution in [0.5, 0.6) is 5.75 Å². The number of hydrogen-bond donors (Lipinski definition) is 0. The number of carbonyl (C=O) groups is 1. The predicted molar refractivity (Wildman–Crippen MR) is 92.5 cm³/mol. The highest BCUT2D eigenvalue weighted by atomic mass is 19.1. The molecule has 0 unspecified atom stereocenters. The molecule has 132 valence electrons. The van der Waals surface area contributed by atoms with Gasteiger partial charge in [0.1, 0.15) is 6.10 Å². The van der Waals surface area contributed by atoms with Gasteiger partial charge in [-0.25, -0.2) is 4.39 Å². The fourth-order valence-corrected chi connectivity index (χ4v) is 5.40. The minimum absolute atomic E-state index is 0.00403. The predicted octanol–water partition coefficient (Wildman–Crippen LogP) is 3.80. The number of amides is 1. The van der Waals surface area contributed by atoms with Crippen molar-refractivity contribution in [1.82, 2.24) is 4.90 Å². The molecule has 2 bridgehead atoms. The summed E-state index contributed by atoms with van der Waals surface area (Å²) in [6.45, 7) is 1.45. The van der Waals surface area contributed by atoms with Gasteiger partial charge in [0.25, 0.3) is 0 Å². The molecule has 25 heavy (non-hydrogen) atoms. The number of nitrogens with zero attached hydrogens (tertiary/aromatic N) is 1. The third kappa shape index (κ3) is 2.41. The standard InChI is InChI=1S/C21H24FNO2/c22-18-3-1-2-4-19(18)25-15-7-11-23(12-8-15)20(24)16-13-14-5-6-17(16)21(14)9-10-21/h1-6,14-17H,7-13H2/t14-,16-,17-/m1/s1. The van der Waals surface area contributed by atoms with E-state index >= 15 is 0 Å². The Morgan fingerprint density at radius 2 is 1.92 bits per heavy atom. The number of piperidine rings is 1. The fourth-order valence-electron chi connectivity index (χ4n) is 5.40. The Balaban J connectivity index is 1.19. The lowest BCUT2D eigenvalue weighted by Gasteiger charge is -2.35. The summed E-state index contributed by atoms with van der Waals surface area (Å²) in [4.78, 5) is 15.0. The monoisotopic (exact) mass is 341 g/mol. The maximum absolute atomic E-state index is 13.7. The van der Waals surface area contributed by atoms with Crippen LogP contribution >= 0.6 is 0 Å². The molecule has 3 fully saturated rings. The number of ether oxygens (including phenoxy) is 1. The van der Waals surface area contributed by atoms with Crippen LogP contribution in [0.15, 0.2) is 36.4 Å². The Kier molecular flexibility index (Phi) is 3.44. The first-order chi connectivity index (χ1) is 12.2. The number of benzene rings is 1. The highest BCUT2D eigenvalue weighted by Crippen LogP contribution is 2.70. The number of para-hydroxylation sites is 1. The molecule has 1 aliphatic heterocycles. The fraction of sp³-hybridized carbons (Fsp3) is 0.571. The summed E-state index contributed by atoms with van der Waals surface area (Å²) in [5.41, 5.74) is 0.465. The summed E-state index contributed by atoms with van der Waals surface area (Å²) in [7, 11) is 0. The van der Waals surface area contributed by atoms with Crippen molar-refractivity contribution in [3.63, 3.8) is 0 Å². The number of hydrogen-bond acceptors (Lipinski definition) is 2. The van der Waals surface area contributed by atoms with E-state index in [1.54, 1.807) is 18.2 Å². The zero-order valence-electron chi connectivity index (χ0n) is 14.4. The molecule has 1 amide bonds. The highest BCUT2D eigenvalue weighted by Gasteiger charge is 2.64. The van der Waals surface area contributed by atoms with E-state index in [2.05, 4.69) is 12.2 Å². The highest BCUT2D eigenvalue weighted by molar-refractivity contribution is 5.80. The maximum atomic E-state index is 13.7. The van der Waals surface area contributed by atoms with Gasteiger partial charge in [0.05, 0.1) is 0 Å². The van der Waals surface area contributed by atoms with E-state index < -0.39 is 0 Å². The first kappa shape index (κ1) is 15.4. The summed E-state index contributed by atoms with van der Waals surface area (Å²) in [6, 6.07) is 6.54. The Morgan fingerprint density at radius 1 is 1.16 bits per heavy atom. The van der Waals surface area contributed by atoms with Gasteiger partial charge < -0.3 is 9.64 Å². The topological polar surface area (TPSA) is 29.5 Å². The van der Waals surface area contributed by atoms with E-state index in [-0.39, 0.29) is 17.8 Å². The molecule has 2 saturated carbocycles. The van der Waals surface area contributed by atoms with Crippen molar-refractivity contribution in [3.8, 4) is 5.75 Å². The Morgan fingerprint density at radius 3 is 2.60 bits per heavy atom. The minimum atomic E-state index is -0.315. The number of rotatable bonds is 3. The van der Waals surface area contributed by atoms with Crippen molar-refractivity contribution in [2.24, 2.45) is 23.2 Å². The van der Waals surface area contributed by atoms with Crippen LogP contribution in [-0.2, 0) is 4.79 Å². The van der Waals surface area contributed by atoms with Gasteiger partial charge in [0.15, 0.2) is 11.6 Å². The second-order valence-electron chi connectivity index (χ2n) is 8.17. The largest absolute Gasteiger partial charge is 0.487 e. The zero-order valence-corrected chi connectivity index (χ0v) is 14.4. The SMILES string of the molecule is O=C([C@@H]1C[C@H]2C=C[C@H]1C21CC1)N1CCC(Oc2ccccc2F)CC1. The Hall–Kier alpha value is -1.84. The molecule has 3 atom stereocenters. The average Bonchev–Trinajstić information content (AvgIpc) is 3.30. The molecule has 1 saturated heterocycles. The third-order valence-electron chi connectivity index (χ3n) is 6.92. The second kappa shape index (κ2) is 5.58. The van der Waals surface area contributed by atoms with Crippen LogP contribution in [0.2, 0.25) is 0 Å². The van der Waals surface area contributed by atoms with Gasteiger partial charge in [0.2, 0.25) is 5.91 Å². The van der Waals surface area contributed by atoms with Gasteiger partial charge in [-0.05, 0) is 48.6 Å². The molecule has 1 spiro atoms. The third-order valence-corrected chi connectivity index (χ3v) is 6.92. The van der Waals surface area contributed by atoms with E-state index in [9.17, 15) is 9.18 Å². The van der Waals surface area contributed by atoms with E-state index in [4.69, 9.17) is 4.74 Å². The van der Waals surface area contributed by atoms with Gasteiger partial charge in [-0.3, -0.25) is 4.79 Å². The normalized spacial score (nSPS) is 32.4. The van der Waals surface area contributed by atoms with Gasteiger partial charge >= 0.3 is 0 Å². The van der Waals surface area contributed by atoms with E-state index in [0.717, 1.165) is 32.4 Å². The molecule has 3 nitrogen and oxygen atoms in total. The molecule has 4 heteroatoms. The molecule has 0 N–H and O–H groups in total. The second-order valence-corrected chi connectivity index (χ2v) is 8.17. The van der Waals surface area contributed by atoms with Crippen molar-refractivity contribution < 1.29 is 13.9 Å². The van der Waals surface area contributed by atoms with E-state index in [1.807, 2.05) is 4.90 Å². The molecule has 4 aliphatic rings. The Bertz CT molecular complexity index is 718. The first-order valence-electron chi connectivity index (χ1n) is 9.56. The van der Waals surface area contributed by atoms with Crippen LogP contribution in [0.4, 0.5) is 4.39 Å². The van der Waals surface area contributed by atoms with E-state index in [1.165, 1.54) is 18.9 Å². The minimum Gasteiger partial charge on any atom is -0.487 e. The molecule has 1 heterocycles. The summed E-state index contributed by atoms with van der Waals surface area (Å²) in [5, 5.41) is 0. The van der Waals surface area contributed by atoms with Crippen LogP contribution in [0.3, 0.4) is 0 Å². The summed E-state index contributed by atoms with van der Waals surface area (Å²) >= 11 is 0. The molecule has 1 aromatic rings. The molecule has 0 aromatic heterocycles. The van der Waals surface area contributed by atoms with Crippen molar-refractivity contribution in [2.75, 3.05) is 13.1 Å². The molecule has 1 aromatic carbocycles. The average molecular weight is 341 g/mol. The lowest BCUT2D eigenvalue weighted by molar-refractivity contribution is -0.138. The zero-order chi connectivity index (χ0) is 17.0. The number of halogens is 1. The van der Waals surface area contributed by atoms with Gasteiger partial charge in [0, 0.05) is 31.8 Å². The first-order valence-corrected chi connectivity index (χ1v) is 9.56. The van der Waals surface area contributed by atoms with Crippen molar-refractivity contribution in [1.29, 1.82) is 0 Å². The Labute approximate surface area is 147 Å². The van der Waals surface area contributed by atoms with Crippen LogP contribution < -0.4 is 4.74 Å². The van der Waals surface area contributed by atoms with Crippen LogP contribution in [0.25, 0.3) is 0 Å². The summed E-state index contributed by atoms with van der Waals surface area (Å²) < 4.78 is 19.5. The van der Waals surface area contributed by atoms with Gasteiger partial charge in [-0.15, -0.1) is 0 Å². The quantitative estimate of drug-likeness (QED) is 0.783. The lowest BCUT2D eigenvalue weighted by atomic mass is 9.87. The molecule has 5 rings (SSSR count). The lowest BCUT2D eigenvalue weighted by Crippen LogP contribution is -2.45. The molecule has 3 aliphatic carbocycles. The number of likely N-dealkylation sites (tertiary alicyclic amines) is 1.